The largest absolute Gasteiger partial charge is 0.481 e. The normalized spacial score (nSPS) is 19.6. The molecule has 1 saturated carbocycles. The molecule has 0 radical (unpaired) electrons. The molecule has 0 aliphatic heterocycles. The number of fused-ring (bicyclic) bond motifs is 3. The number of hydrogen-bond donors (Lipinski definition) is 1. The van der Waals surface area contributed by atoms with Crippen LogP contribution in [0.1, 0.15) is 28.2 Å². The lowest BCUT2D eigenvalue weighted by atomic mass is 9.96. The van der Waals surface area contributed by atoms with Crippen LogP contribution in [0, 0.1) is 30.4 Å². The highest BCUT2D eigenvalue weighted by Crippen LogP contribution is 2.61. The van der Waals surface area contributed by atoms with Crippen LogP contribution in [0.5, 0.6) is 5.88 Å². The maximum absolute atomic E-state index is 15.1. The van der Waals surface area contributed by atoms with Crippen molar-refractivity contribution in [3.8, 4) is 28.4 Å². The lowest BCUT2D eigenvalue weighted by Crippen LogP contribution is -2.06. The predicted octanol–water partition coefficient (Wildman–Crippen LogP) is 4.08. The second-order valence-electron chi connectivity index (χ2n) is 9.32. The van der Waals surface area contributed by atoms with Crippen LogP contribution < -0.4 is 4.74 Å². The molecule has 182 valence electrons. The van der Waals surface area contributed by atoms with Gasteiger partial charge in [0.25, 0.3) is 0 Å². The average Bonchev–Trinajstić information content (AvgIpc) is 3.17. The second kappa shape index (κ2) is 8.18. The van der Waals surface area contributed by atoms with Crippen molar-refractivity contribution < 1.29 is 23.4 Å². The van der Waals surface area contributed by atoms with E-state index in [-0.39, 0.29) is 29.9 Å². The van der Waals surface area contributed by atoms with Crippen LogP contribution in [0.15, 0.2) is 42.6 Å². The number of hydrogen-bond acceptors (Lipinski definition) is 6. The minimum Gasteiger partial charge on any atom is -0.481 e. The Morgan fingerprint density at radius 1 is 1.17 bits per heavy atom. The summed E-state index contributed by atoms with van der Waals surface area (Å²) in [5, 5.41) is 21.0. The molecule has 0 spiro atoms. The van der Waals surface area contributed by atoms with Gasteiger partial charge < -0.3 is 9.84 Å². The van der Waals surface area contributed by atoms with Gasteiger partial charge in [0.05, 0.1) is 13.0 Å². The van der Waals surface area contributed by atoms with Gasteiger partial charge in [-0.3, -0.25) is 4.79 Å². The van der Waals surface area contributed by atoms with E-state index in [1.165, 1.54) is 16.9 Å². The molecule has 2 aromatic heterocycles. The van der Waals surface area contributed by atoms with Crippen LogP contribution in [-0.2, 0) is 24.9 Å². The van der Waals surface area contributed by atoms with E-state index in [4.69, 9.17) is 4.74 Å². The molecular weight excluding hydrogens is 468 g/mol. The summed E-state index contributed by atoms with van der Waals surface area (Å²) in [6.45, 7) is 1.64. The molecular formula is C26H21F2N5O3. The highest BCUT2D eigenvalue weighted by Gasteiger charge is 2.59. The molecule has 6 rings (SSSR count). The number of halogens is 2. The van der Waals surface area contributed by atoms with Gasteiger partial charge in [0, 0.05) is 34.9 Å². The maximum Gasteiger partial charge on any atom is 0.307 e. The number of nitrogens with zero attached hydrogens (tertiary/aromatic N) is 5. The van der Waals surface area contributed by atoms with Crippen LogP contribution in [0.3, 0.4) is 0 Å². The number of rotatable bonds is 6. The number of ether oxygens (including phenoxy) is 1. The molecule has 3 atom stereocenters. The Morgan fingerprint density at radius 3 is 2.72 bits per heavy atom. The Morgan fingerprint density at radius 2 is 2.00 bits per heavy atom. The van der Waals surface area contributed by atoms with Crippen molar-refractivity contribution >= 4 is 5.97 Å². The summed E-state index contributed by atoms with van der Waals surface area (Å²) in [4.78, 5) is 16.9. The summed E-state index contributed by atoms with van der Waals surface area (Å²) in [5.41, 5.74) is 4.20. The highest BCUT2D eigenvalue weighted by atomic mass is 19.1. The monoisotopic (exact) mass is 489 g/mol. The number of aliphatic carboxylic acids is 1. The van der Waals surface area contributed by atoms with E-state index in [1.54, 1.807) is 44.4 Å². The minimum absolute atomic E-state index is 0.0298. The minimum atomic E-state index is -0.766. The van der Waals surface area contributed by atoms with Crippen LogP contribution in [0.25, 0.3) is 22.5 Å². The summed E-state index contributed by atoms with van der Waals surface area (Å²) in [5.74, 6) is -1.22. The SMILES string of the molecule is Cc1cc(F)c(COc2cc3c(cn2)[C@H]2[C@@H](C3)[C@@H]2C(=O)O)cc1-c1ccc(-c2nnn(C)n2)cc1F. The zero-order chi connectivity index (χ0) is 25.1. The molecule has 36 heavy (non-hydrogen) atoms. The van der Waals surface area contributed by atoms with Gasteiger partial charge in [0.1, 0.15) is 18.2 Å². The maximum atomic E-state index is 15.1. The van der Waals surface area contributed by atoms with Gasteiger partial charge in [-0.1, -0.05) is 12.1 Å². The Kier molecular flexibility index (Phi) is 5.06. The summed E-state index contributed by atoms with van der Waals surface area (Å²) in [6, 6.07) is 9.39. The topological polar surface area (TPSA) is 103 Å². The van der Waals surface area contributed by atoms with E-state index in [0.717, 1.165) is 11.1 Å². The number of pyridine rings is 1. The van der Waals surface area contributed by atoms with Gasteiger partial charge in [-0.05, 0) is 64.9 Å². The number of benzene rings is 2. The van der Waals surface area contributed by atoms with E-state index in [9.17, 15) is 14.3 Å². The molecule has 2 aromatic carbocycles. The molecule has 1 fully saturated rings. The first-order chi connectivity index (χ1) is 17.3. The van der Waals surface area contributed by atoms with Crippen LogP contribution in [-0.4, -0.2) is 36.3 Å². The van der Waals surface area contributed by atoms with E-state index in [0.29, 0.717) is 40.4 Å². The van der Waals surface area contributed by atoms with Crippen molar-refractivity contribution in [2.75, 3.05) is 0 Å². The van der Waals surface area contributed by atoms with Gasteiger partial charge in [0.2, 0.25) is 11.7 Å². The number of carboxylic acid groups (broad SMARTS) is 1. The van der Waals surface area contributed by atoms with E-state index < -0.39 is 17.6 Å². The van der Waals surface area contributed by atoms with Crippen molar-refractivity contribution in [2.45, 2.75) is 25.9 Å². The number of aryl methyl sites for hydroxylation is 2. The number of carboxylic acids is 1. The second-order valence-corrected chi connectivity index (χ2v) is 9.32. The fourth-order valence-corrected chi connectivity index (χ4v) is 5.23. The smallest absolute Gasteiger partial charge is 0.307 e. The molecule has 2 heterocycles. The standard InChI is InChI=1S/C26H21F2N5O3/c1-12-5-20(27)15(7-17(12)16-4-3-13(8-21(16)28)25-30-32-33(2)31-25)11-36-22-9-14-6-18-23(19(14)10-29-22)24(18)26(34)35/h3-5,7-10,18,23-24H,6,11H2,1-2H3,(H,34,35)/t18-,23-,24+/m1/s1. The summed E-state index contributed by atoms with van der Waals surface area (Å²) in [6.07, 6.45) is 2.34. The highest BCUT2D eigenvalue weighted by molar-refractivity contribution is 5.77. The Hall–Kier alpha value is -4.21. The first kappa shape index (κ1) is 22.3. The van der Waals surface area contributed by atoms with Gasteiger partial charge >= 0.3 is 5.97 Å². The quantitative estimate of drug-likeness (QED) is 0.435. The van der Waals surface area contributed by atoms with Crippen molar-refractivity contribution in [2.24, 2.45) is 18.9 Å². The molecule has 2 aliphatic rings. The zero-order valence-corrected chi connectivity index (χ0v) is 19.4. The third kappa shape index (κ3) is 3.69. The fourth-order valence-electron chi connectivity index (χ4n) is 5.23. The van der Waals surface area contributed by atoms with Gasteiger partial charge in [-0.15, -0.1) is 10.2 Å². The van der Waals surface area contributed by atoms with E-state index in [2.05, 4.69) is 20.4 Å². The lowest BCUT2D eigenvalue weighted by molar-refractivity contribution is -0.139. The summed E-state index contributed by atoms with van der Waals surface area (Å²) >= 11 is 0. The molecule has 8 nitrogen and oxygen atoms in total. The molecule has 0 saturated heterocycles. The molecule has 10 heteroatoms. The van der Waals surface area contributed by atoms with Gasteiger partial charge in [0.15, 0.2) is 0 Å². The first-order valence-corrected chi connectivity index (χ1v) is 11.5. The molecule has 2 aliphatic carbocycles. The first-order valence-electron chi connectivity index (χ1n) is 11.5. The zero-order valence-electron chi connectivity index (χ0n) is 19.4. The Labute approximate surface area is 204 Å². The van der Waals surface area contributed by atoms with Gasteiger partial charge in [-0.25, -0.2) is 13.8 Å². The molecule has 0 amide bonds. The van der Waals surface area contributed by atoms with Crippen LogP contribution in [0.2, 0.25) is 0 Å². The molecule has 0 unspecified atom stereocenters. The van der Waals surface area contributed by atoms with Crippen LogP contribution in [0.4, 0.5) is 8.78 Å². The Bertz CT molecular complexity index is 1540. The predicted molar refractivity (Wildman–Crippen MR) is 124 cm³/mol. The third-order valence-electron chi connectivity index (χ3n) is 7.06. The molecule has 0 bridgehead atoms. The van der Waals surface area contributed by atoms with Crippen LogP contribution >= 0.6 is 0 Å². The average molecular weight is 489 g/mol. The number of carbonyl (C=O) groups is 1. The molecule has 4 aromatic rings. The van der Waals surface area contributed by atoms with Crippen molar-refractivity contribution in [1.29, 1.82) is 0 Å². The number of tetrazole rings is 1. The fraction of sp³-hybridized carbons (Fsp3) is 0.269. The molecule has 1 N–H and O–H groups in total. The van der Waals surface area contributed by atoms with Crippen molar-refractivity contribution in [3.05, 3.63) is 76.5 Å². The van der Waals surface area contributed by atoms with E-state index >= 15 is 4.39 Å². The lowest BCUT2D eigenvalue weighted by Gasteiger charge is -2.13. The van der Waals surface area contributed by atoms with E-state index in [1.807, 2.05) is 0 Å². The third-order valence-corrected chi connectivity index (χ3v) is 7.06. The summed E-state index contributed by atoms with van der Waals surface area (Å²) in [7, 11) is 1.63. The number of aromatic nitrogens is 5. The van der Waals surface area contributed by atoms with Crippen molar-refractivity contribution in [3.63, 3.8) is 0 Å². The van der Waals surface area contributed by atoms with Gasteiger partial charge in [-0.2, -0.15) is 4.80 Å². The van der Waals surface area contributed by atoms with Crippen molar-refractivity contribution in [1.82, 2.24) is 25.2 Å². The summed E-state index contributed by atoms with van der Waals surface area (Å²) < 4.78 is 35.6. The Balaban J connectivity index is 1.22.